The summed E-state index contributed by atoms with van der Waals surface area (Å²) in [5, 5.41) is 9.14. The van der Waals surface area contributed by atoms with E-state index in [0.717, 1.165) is 0 Å². The van der Waals surface area contributed by atoms with Gasteiger partial charge in [-0.2, -0.15) is 14.0 Å². The van der Waals surface area contributed by atoms with Gasteiger partial charge >= 0.3 is 12.6 Å². The molecule has 7 heteroatoms. The van der Waals surface area contributed by atoms with Gasteiger partial charge in [0.15, 0.2) is 0 Å². The Kier molecular flexibility index (Phi) is 7.33. The summed E-state index contributed by atoms with van der Waals surface area (Å²) >= 11 is 0. The summed E-state index contributed by atoms with van der Waals surface area (Å²) in [6.07, 6.45) is 0.845. The summed E-state index contributed by atoms with van der Waals surface area (Å²) in [5.41, 5.74) is 1.26. The highest BCUT2D eigenvalue weighted by molar-refractivity contribution is 5.98. The average Bonchev–Trinajstić information content (AvgIpc) is 2.48. The van der Waals surface area contributed by atoms with Gasteiger partial charge in [-0.1, -0.05) is 0 Å². The number of alkyl halides is 2. The van der Waals surface area contributed by atoms with Gasteiger partial charge in [0.2, 0.25) is 0 Å². The molecule has 0 radical (unpaired) electrons. The van der Waals surface area contributed by atoms with Gasteiger partial charge in [0, 0.05) is 7.11 Å². The van der Waals surface area contributed by atoms with Gasteiger partial charge in [-0.05, 0) is 55.7 Å². The molecular formula is C17H19F2NO4. The van der Waals surface area contributed by atoms with Crippen LogP contribution in [0.1, 0.15) is 23.6 Å². The quantitative estimate of drug-likeness (QED) is 0.433. The third kappa shape index (κ3) is 5.63. The van der Waals surface area contributed by atoms with Gasteiger partial charge in [0.1, 0.15) is 23.5 Å². The molecule has 5 nitrogen and oxygen atoms in total. The highest BCUT2D eigenvalue weighted by atomic mass is 19.3. The Bertz CT molecular complexity index is 642. The van der Waals surface area contributed by atoms with E-state index in [1.807, 2.05) is 0 Å². The molecule has 0 amide bonds. The highest BCUT2D eigenvalue weighted by Crippen LogP contribution is 2.27. The Labute approximate surface area is 139 Å². The van der Waals surface area contributed by atoms with Crippen molar-refractivity contribution in [1.82, 2.24) is 0 Å². The lowest BCUT2D eigenvalue weighted by molar-refractivity contribution is -0.145. The normalized spacial score (nSPS) is 12.7. The van der Waals surface area contributed by atoms with Crippen molar-refractivity contribution in [2.75, 3.05) is 13.7 Å². The van der Waals surface area contributed by atoms with Crippen LogP contribution in [-0.4, -0.2) is 32.4 Å². The summed E-state index contributed by atoms with van der Waals surface area (Å²) in [4.78, 5) is 12.0. The fourth-order valence-corrected chi connectivity index (χ4v) is 2.16. The van der Waals surface area contributed by atoms with Gasteiger partial charge in [-0.25, -0.2) is 4.79 Å². The second-order valence-electron chi connectivity index (χ2n) is 5.20. The first-order valence-electron chi connectivity index (χ1n) is 7.16. The maximum absolute atomic E-state index is 12.4. The largest absolute Gasteiger partial charge is 0.456 e. The van der Waals surface area contributed by atoms with Crippen molar-refractivity contribution in [3.05, 3.63) is 34.4 Å². The summed E-state index contributed by atoms with van der Waals surface area (Å²) < 4.78 is 39.2. The zero-order chi connectivity index (χ0) is 18.3. The molecule has 0 aromatic heterocycles. The number of hydrogen-bond donors (Lipinski definition) is 0. The summed E-state index contributed by atoms with van der Waals surface area (Å²) in [6, 6.07) is 4.88. The molecular weight excluding hydrogens is 320 g/mol. The van der Waals surface area contributed by atoms with E-state index < -0.39 is 18.7 Å². The van der Waals surface area contributed by atoms with E-state index >= 15 is 0 Å². The van der Waals surface area contributed by atoms with Gasteiger partial charge < -0.3 is 14.2 Å². The van der Waals surface area contributed by atoms with E-state index in [0.29, 0.717) is 16.7 Å². The predicted octanol–water partition coefficient (Wildman–Crippen LogP) is 3.39. The standard InChI is InChI=1S/C17H19F2NO4/c1-10-5-13(6-11(2)15(10)24-17(18)19)7-14(8-20)16(21)23-12(3)9-22-4/h5-7,12,17H,9H2,1-4H3/b14-7+/t12-/m0/s1. The highest BCUT2D eigenvalue weighted by Gasteiger charge is 2.16. The molecule has 130 valence electrons. The Balaban J connectivity index is 3.05. The summed E-state index contributed by atoms with van der Waals surface area (Å²) in [6.45, 7) is 2.14. The lowest BCUT2D eigenvalue weighted by Crippen LogP contribution is -2.20. The second-order valence-corrected chi connectivity index (χ2v) is 5.20. The number of rotatable bonds is 7. The first kappa shape index (κ1) is 19.6. The van der Waals surface area contributed by atoms with Gasteiger partial charge in [0.25, 0.3) is 0 Å². The number of ether oxygens (including phenoxy) is 3. The first-order valence-corrected chi connectivity index (χ1v) is 7.16. The number of carbonyl (C=O) groups is 1. The lowest BCUT2D eigenvalue weighted by atomic mass is 10.0. The monoisotopic (exact) mass is 339 g/mol. The van der Waals surface area contributed by atoms with E-state index in [1.54, 1.807) is 39.0 Å². The van der Waals surface area contributed by atoms with Crippen LogP contribution in [0.4, 0.5) is 8.78 Å². The van der Waals surface area contributed by atoms with Crippen LogP contribution in [0, 0.1) is 25.2 Å². The molecule has 0 spiro atoms. The van der Waals surface area contributed by atoms with E-state index in [1.165, 1.54) is 13.2 Å². The average molecular weight is 339 g/mol. The zero-order valence-electron chi connectivity index (χ0n) is 13.9. The number of nitrogens with zero attached hydrogens (tertiary/aromatic N) is 1. The molecule has 0 fully saturated rings. The number of nitriles is 1. The fourth-order valence-electron chi connectivity index (χ4n) is 2.16. The molecule has 0 heterocycles. The maximum Gasteiger partial charge on any atom is 0.387 e. The zero-order valence-corrected chi connectivity index (χ0v) is 13.9. The molecule has 1 aromatic carbocycles. The minimum absolute atomic E-state index is 0.0805. The van der Waals surface area contributed by atoms with Crippen molar-refractivity contribution in [3.8, 4) is 11.8 Å². The van der Waals surface area contributed by atoms with Crippen molar-refractivity contribution >= 4 is 12.0 Å². The molecule has 1 rings (SSSR count). The van der Waals surface area contributed by atoms with Gasteiger partial charge in [-0.15, -0.1) is 0 Å². The molecule has 0 N–H and O–H groups in total. The van der Waals surface area contributed by atoms with Crippen molar-refractivity contribution in [1.29, 1.82) is 5.26 Å². The molecule has 0 unspecified atom stereocenters. The Morgan fingerprint density at radius 3 is 2.38 bits per heavy atom. The number of carbonyl (C=O) groups excluding carboxylic acids is 1. The van der Waals surface area contributed by atoms with Crippen molar-refractivity contribution in [2.45, 2.75) is 33.5 Å². The predicted molar refractivity (Wildman–Crippen MR) is 83.6 cm³/mol. The number of hydrogen-bond acceptors (Lipinski definition) is 5. The third-order valence-electron chi connectivity index (χ3n) is 3.05. The van der Waals surface area contributed by atoms with Gasteiger partial charge in [-0.3, -0.25) is 0 Å². The minimum atomic E-state index is -2.92. The number of aryl methyl sites for hydroxylation is 2. The number of esters is 1. The number of halogens is 2. The summed E-state index contributed by atoms with van der Waals surface area (Å²) in [7, 11) is 1.47. The van der Waals surface area contributed by atoms with E-state index in [2.05, 4.69) is 4.74 Å². The molecule has 1 aromatic rings. The van der Waals surface area contributed by atoms with Crippen LogP contribution < -0.4 is 4.74 Å². The Morgan fingerprint density at radius 2 is 1.92 bits per heavy atom. The molecule has 24 heavy (non-hydrogen) atoms. The second kappa shape index (κ2) is 8.99. The number of benzene rings is 1. The van der Waals surface area contributed by atoms with Crippen molar-refractivity contribution < 1.29 is 27.8 Å². The van der Waals surface area contributed by atoms with Crippen LogP contribution in [0.2, 0.25) is 0 Å². The molecule has 1 atom stereocenters. The fraction of sp³-hybridized carbons (Fsp3) is 0.412. The Hall–Kier alpha value is -2.46. The SMILES string of the molecule is COC[C@H](C)OC(=O)/C(C#N)=C/c1cc(C)c(OC(F)F)c(C)c1. The molecule has 0 aliphatic heterocycles. The van der Waals surface area contributed by atoms with Crippen LogP contribution in [0.25, 0.3) is 6.08 Å². The first-order chi connectivity index (χ1) is 11.3. The van der Waals surface area contributed by atoms with Crippen LogP contribution in [0.15, 0.2) is 17.7 Å². The van der Waals surface area contributed by atoms with Crippen LogP contribution in [0.5, 0.6) is 5.75 Å². The Morgan fingerprint density at radius 1 is 1.33 bits per heavy atom. The number of methoxy groups -OCH3 is 1. The van der Waals surface area contributed by atoms with E-state index in [9.17, 15) is 13.6 Å². The van der Waals surface area contributed by atoms with E-state index in [-0.39, 0.29) is 17.9 Å². The van der Waals surface area contributed by atoms with Crippen molar-refractivity contribution in [3.63, 3.8) is 0 Å². The maximum atomic E-state index is 12.4. The van der Waals surface area contributed by atoms with Crippen molar-refractivity contribution in [2.24, 2.45) is 0 Å². The third-order valence-corrected chi connectivity index (χ3v) is 3.05. The molecule has 0 aliphatic carbocycles. The smallest absolute Gasteiger partial charge is 0.387 e. The topological polar surface area (TPSA) is 68.5 Å². The molecule has 0 bridgehead atoms. The lowest BCUT2D eigenvalue weighted by Gasteiger charge is -2.13. The van der Waals surface area contributed by atoms with Gasteiger partial charge in [0.05, 0.1) is 6.61 Å². The summed E-state index contributed by atoms with van der Waals surface area (Å²) in [5.74, 6) is -0.692. The molecule has 0 saturated carbocycles. The van der Waals surface area contributed by atoms with Crippen LogP contribution >= 0.6 is 0 Å². The van der Waals surface area contributed by atoms with Crippen LogP contribution in [0.3, 0.4) is 0 Å². The van der Waals surface area contributed by atoms with E-state index in [4.69, 9.17) is 14.7 Å². The molecule has 0 aliphatic rings. The van der Waals surface area contributed by atoms with Crippen LogP contribution in [-0.2, 0) is 14.3 Å². The molecule has 0 saturated heterocycles. The minimum Gasteiger partial charge on any atom is -0.456 e.